The minimum atomic E-state index is -0.345. The van der Waals surface area contributed by atoms with Crippen molar-refractivity contribution in [1.82, 2.24) is 4.90 Å². The molecule has 2 rings (SSSR count). The molecular formula is C13H17ClFN3O. The summed E-state index contributed by atoms with van der Waals surface area (Å²) < 4.78 is 13.8. The lowest BCUT2D eigenvalue weighted by Gasteiger charge is -2.31. The van der Waals surface area contributed by atoms with E-state index in [4.69, 9.17) is 22.5 Å². The third-order valence-electron chi connectivity index (χ3n) is 3.55. The van der Waals surface area contributed by atoms with E-state index in [9.17, 15) is 4.39 Å². The number of oxime groups is 1. The fourth-order valence-corrected chi connectivity index (χ4v) is 2.57. The van der Waals surface area contributed by atoms with Crippen LogP contribution in [0.3, 0.4) is 0 Å². The Morgan fingerprint density at radius 2 is 2.16 bits per heavy atom. The molecule has 1 fully saturated rings. The zero-order valence-corrected chi connectivity index (χ0v) is 11.3. The van der Waals surface area contributed by atoms with Crippen LogP contribution in [0, 0.1) is 11.7 Å². The maximum atomic E-state index is 13.8. The largest absolute Gasteiger partial charge is 0.409 e. The maximum Gasteiger partial charge on any atom is 0.146 e. The van der Waals surface area contributed by atoms with Crippen molar-refractivity contribution in [3.63, 3.8) is 0 Å². The number of amidine groups is 1. The van der Waals surface area contributed by atoms with E-state index in [-0.39, 0.29) is 22.6 Å². The average Bonchev–Trinajstić information content (AvgIpc) is 2.44. The molecular weight excluding hydrogens is 269 g/mol. The van der Waals surface area contributed by atoms with Gasteiger partial charge in [-0.15, -0.1) is 0 Å². The standard InChI is InChI=1S/C13H17ClFN3O/c14-11-3-1-2-10(12(11)15)8-18-6-4-9(5-7-18)13(16)17-19/h1-3,9,19H,4-8H2,(H2,16,17). The van der Waals surface area contributed by atoms with Crippen molar-refractivity contribution < 1.29 is 9.60 Å². The van der Waals surface area contributed by atoms with Gasteiger partial charge in [-0.05, 0) is 32.0 Å². The van der Waals surface area contributed by atoms with Crippen LogP contribution in [-0.4, -0.2) is 29.0 Å². The zero-order valence-electron chi connectivity index (χ0n) is 10.5. The Morgan fingerprint density at radius 3 is 2.79 bits per heavy atom. The number of nitrogens with zero attached hydrogens (tertiary/aromatic N) is 2. The van der Waals surface area contributed by atoms with Crippen molar-refractivity contribution in [3.8, 4) is 0 Å². The van der Waals surface area contributed by atoms with E-state index < -0.39 is 0 Å². The molecule has 1 heterocycles. The van der Waals surface area contributed by atoms with E-state index >= 15 is 0 Å². The second-order valence-electron chi connectivity index (χ2n) is 4.79. The van der Waals surface area contributed by atoms with Gasteiger partial charge in [0.15, 0.2) is 0 Å². The lowest BCUT2D eigenvalue weighted by Crippen LogP contribution is -2.38. The molecule has 0 atom stereocenters. The molecule has 1 aliphatic rings. The van der Waals surface area contributed by atoms with Crippen LogP contribution in [0.25, 0.3) is 0 Å². The van der Waals surface area contributed by atoms with Gasteiger partial charge in [0.25, 0.3) is 0 Å². The molecule has 1 aromatic rings. The molecule has 0 unspecified atom stereocenters. The van der Waals surface area contributed by atoms with Gasteiger partial charge in [-0.2, -0.15) is 0 Å². The summed E-state index contributed by atoms with van der Waals surface area (Å²) in [5.41, 5.74) is 6.20. The zero-order chi connectivity index (χ0) is 13.8. The van der Waals surface area contributed by atoms with Gasteiger partial charge in [0.2, 0.25) is 0 Å². The van der Waals surface area contributed by atoms with Crippen molar-refractivity contribution in [2.45, 2.75) is 19.4 Å². The number of piperidine rings is 1. The summed E-state index contributed by atoms with van der Waals surface area (Å²) in [7, 11) is 0. The lowest BCUT2D eigenvalue weighted by molar-refractivity contribution is 0.196. The van der Waals surface area contributed by atoms with E-state index in [0.717, 1.165) is 25.9 Å². The topological polar surface area (TPSA) is 61.9 Å². The Kier molecular flexibility index (Phi) is 4.61. The van der Waals surface area contributed by atoms with Crippen LogP contribution < -0.4 is 5.73 Å². The Morgan fingerprint density at radius 1 is 1.47 bits per heavy atom. The van der Waals surface area contributed by atoms with Gasteiger partial charge in [0.1, 0.15) is 11.7 Å². The van der Waals surface area contributed by atoms with Crippen molar-refractivity contribution in [3.05, 3.63) is 34.6 Å². The molecule has 0 aliphatic carbocycles. The Bertz CT molecular complexity index is 473. The quantitative estimate of drug-likeness (QED) is 0.388. The second kappa shape index (κ2) is 6.21. The molecule has 1 aliphatic heterocycles. The third kappa shape index (κ3) is 3.36. The first kappa shape index (κ1) is 14.1. The van der Waals surface area contributed by atoms with Crippen LogP contribution in [0.2, 0.25) is 5.02 Å². The summed E-state index contributed by atoms with van der Waals surface area (Å²) in [5, 5.41) is 11.8. The predicted molar refractivity (Wildman–Crippen MR) is 72.8 cm³/mol. The number of halogens is 2. The first-order valence-electron chi connectivity index (χ1n) is 6.24. The number of hydrogen-bond donors (Lipinski definition) is 2. The van der Waals surface area contributed by atoms with Crippen LogP contribution in [0.5, 0.6) is 0 Å². The molecule has 6 heteroatoms. The van der Waals surface area contributed by atoms with Crippen LogP contribution in [0.1, 0.15) is 18.4 Å². The number of benzene rings is 1. The minimum absolute atomic E-state index is 0.116. The fourth-order valence-electron chi connectivity index (χ4n) is 2.38. The van der Waals surface area contributed by atoms with Gasteiger partial charge in [0, 0.05) is 18.0 Å². The van der Waals surface area contributed by atoms with Gasteiger partial charge >= 0.3 is 0 Å². The van der Waals surface area contributed by atoms with Gasteiger partial charge in [-0.3, -0.25) is 4.90 Å². The van der Waals surface area contributed by atoms with E-state index in [1.165, 1.54) is 0 Å². The molecule has 0 radical (unpaired) electrons. The van der Waals surface area contributed by atoms with E-state index in [1.54, 1.807) is 18.2 Å². The highest BCUT2D eigenvalue weighted by Gasteiger charge is 2.23. The molecule has 1 saturated heterocycles. The molecule has 1 aromatic carbocycles. The van der Waals surface area contributed by atoms with E-state index in [0.29, 0.717) is 12.1 Å². The Hall–Kier alpha value is -1.33. The molecule has 104 valence electrons. The summed E-state index contributed by atoms with van der Waals surface area (Å²) >= 11 is 5.76. The van der Waals surface area contributed by atoms with Crippen molar-refractivity contribution >= 4 is 17.4 Å². The van der Waals surface area contributed by atoms with Gasteiger partial charge < -0.3 is 10.9 Å². The highest BCUT2D eigenvalue weighted by Crippen LogP contribution is 2.22. The maximum absolute atomic E-state index is 13.8. The number of hydrogen-bond acceptors (Lipinski definition) is 3. The van der Waals surface area contributed by atoms with Crippen LogP contribution in [-0.2, 0) is 6.54 Å². The average molecular weight is 286 g/mol. The van der Waals surface area contributed by atoms with E-state index in [1.807, 2.05) is 0 Å². The van der Waals surface area contributed by atoms with Crippen molar-refractivity contribution in [2.24, 2.45) is 16.8 Å². The number of nitrogens with two attached hydrogens (primary N) is 1. The normalized spacial score (nSPS) is 18.7. The predicted octanol–water partition coefficient (Wildman–Crippen LogP) is 2.44. The smallest absolute Gasteiger partial charge is 0.146 e. The SMILES string of the molecule is N/C(=N/O)C1CCN(Cc2cccc(Cl)c2F)CC1. The van der Waals surface area contributed by atoms with Crippen molar-refractivity contribution in [1.29, 1.82) is 0 Å². The Labute approximate surface area is 116 Å². The summed E-state index contributed by atoms with van der Waals surface area (Å²) in [6.45, 7) is 2.13. The molecule has 19 heavy (non-hydrogen) atoms. The molecule has 0 amide bonds. The second-order valence-corrected chi connectivity index (χ2v) is 5.20. The molecule has 0 bridgehead atoms. The van der Waals surface area contributed by atoms with Crippen LogP contribution >= 0.6 is 11.6 Å². The summed E-state index contributed by atoms with van der Waals surface area (Å²) in [6, 6.07) is 5.05. The third-order valence-corrected chi connectivity index (χ3v) is 3.84. The van der Waals surface area contributed by atoms with Crippen molar-refractivity contribution in [2.75, 3.05) is 13.1 Å². The molecule has 0 spiro atoms. The lowest BCUT2D eigenvalue weighted by atomic mass is 9.95. The van der Waals surface area contributed by atoms with Gasteiger partial charge in [-0.25, -0.2) is 4.39 Å². The highest BCUT2D eigenvalue weighted by atomic mass is 35.5. The monoisotopic (exact) mass is 285 g/mol. The number of likely N-dealkylation sites (tertiary alicyclic amines) is 1. The first-order valence-corrected chi connectivity index (χ1v) is 6.62. The highest BCUT2D eigenvalue weighted by molar-refractivity contribution is 6.30. The number of rotatable bonds is 3. The Balaban J connectivity index is 1.94. The molecule has 4 nitrogen and oxygen atoms in total. The van der Waals surface area contributed by atoms with Gasteiger partial charge in [-0.1, -0.05) is 28.9 Å². The fraction of sp³-hybridized carbons (Fsp3) is 0.462. The van der Waals surface area contributed by atoms with Crippen LogP contribution in [0.4, 0.5) is 4.39 Å². The summed E-state index contributed by atoms with van der Waals surface area (Å²) in [5.74, 6) is 0.0572. The molecule has 0 saturated carbocycles. The minimum Gasteiger partial charge on any atom is -0.409 e. The van der Waals surface area contributed by atoms with E-state index in [2.05, 4.69) is 10.1 Å². The molecule has 0 aromatic heterocycles. The summed E-state index contributed by atoms with van der Waals surface area (Å²) in [4.78, 5) is 2.15. The van der Waals surface area contributed by atoms with Crippen LogP contribution in [0.15, 0.2) is 23.4 Å². The summed E-state index contributed by atoms with van der Waals surface area (Å²) in [6.07, 6.45) is 1.64. The van der Waals surface area contributed by atoms with Gasteiger partial charge in [0.05, 0.1) is 5.02 Å². The first-order chi connectivity index (χ1) is 9.11. The molecule has 3 N–H and O–H groups in total.